The molecule has 2 nitrogen and oxygen atoms in total. The van der Waals surface area contributed by atoms with Crippen LogP contribution in [0.3, 0.4) is 0 Å². The molecule has 17 heavy (non-hydrogen) atoms. The minimum Gasteiger partial charge on any atom is -0.329 e. The van der Waals surface area contributed by atoms with Crippen molar-refractivity contribution in [3.8, 4) is 0 Å². The Bertz CT molecular complexity index is 185. The van der Waals surface area contributed by atoms with Crippen LogP contribution in [0.4, 0.5) is 0 Å². The summed E-state index contributed by atoms with van der Waals surface area (Å²) in [6, 6.07) is 1.40. The molecule has 0 heterocycles. The fourth-order valence-electron chi connectivity index (χ4n) is 3.19. The molecule has 102 valence electrons. The molecule has 0 saturated heterocycles. The van der Waals surface area contributed by atoms with Gasteiger partial charge in [0.1, 0.15) is 0 Å². The van der Waals surface area contributed by atoms with Crippen LogP contribution in [0.1, 0.15) is 65.2 Å². The van der Waals surface area contributed by atoms with Crippen molar-refractivity contribution in [2.45, 2.75) is 77.3 Å². The lowest BCUT2D eigenvalue weighted by Gasteiger charge is -2.38. The van der Waals surface area contributed by atoms with Gasteiger partial charge >= 0.3 is 0 Å². The predicted octanol–water partition coefficient (Wildman–Crippen LogP) is 3.40. The van der Waals surface area contributed by atoms with Crippen molar-refractivity contribution >= 4 is 0 Å². The predicted molar refractivity (Wildman–Crippen MR) is 76.2 cm³/mol. The Balaban J connectivity index is 2.37. The van der Waals surface area contributed by atoms with Crippen LogP contribution in [0, 0.1) is 5.92 Å². The smallest absolute Gasteiger partial charge is 0.0218 e. The number of rotatable bonds is 7. The lowest BCUT2D eigenvalue weighted by Crippen LogP contribution is -2.45. The lowest BCUT2D eigenvalue weighted by molar-refractivity contribution is 0.116. The Morgan fingerprint density at radius 1 is 1.18 bits per heavy atom. The molecule has 0 aliphatic heterocycles. The van der Waals surface area contributed by atoms with E-state index in [1.54, 1.807) is 0 Å². The normalized spacial score (nSPS) is 27.4. The summed E-state index contributed by atoms with van der Waals surface area (Å²) < 4.78 is 0. The first kappa shape index (κ1) is 15.0. The van der Waals surface area contributed by atoms with Gasteiger partial charge in [0.05, 0.1) is 0 Å². The molecule has 1 atom stereocenters. The van der Waals surface area contributed by atoms with Gasteiger partial charge in [0, 0.05) is 18.6 Å². The molecule has 0 amide bonds. The first-order valence-electron chi connectivity index (χ1n) is 7.64. The second-order valence-electron chi connectivity index (χ2n) is 5.78. The average Bonchev–Trinajstić information content (AvgIpc) is 2.39. The SMILES string of the molecule is CCCCC(CN)N(C)C1CCC(CC)CC1. The molecule has 1 fully saturated rings. The van der Waals surface area contributed by atoms with Gasteiger partial charge in [-0.15, -0.1) is 0 Å². The standard InChI is InChI=1S/C15H32N2/c1-4-6-7-15(12-16)17(3)14-10-8-13(5-2)9-11-14/h13-15H,4-12,16H2,1-3H3. The first-order valence-corrected chi connectivity index (χ1v) is 7.64. The highest BCUT2D eigenvalue weighted by atomic mass is 15.2. The van der Waals surface area contributed by atoms with E-state index in [0.29, 0.717) is 6.04 Å². The number of likely N-dealkylation sites (N-methyl/N-ethyl adjacent to an activating group) is 1. The largest absolute Gasteiger partial charge is 0.329 e. The van der Waals surface area contributed by atoms with Gasteiger partial charge in [0.15, 0.2) is 0 Å². The zero-order chi connectivity index (χ0) is 12.7. The molecule has 1 aliphatic rings. The van der Waals surface area contributed by atoms with E-state index in [4.69, 9.17) is 5.73 Å². The minimum absolute atomic E-state index is 0.609. The lowest BCUT2D eigenvalue weighted by atomic mass is 9.83. The van der Waals surface area contributed by atoms with Crippen molar-refractivity contribution in [1.82, 2.24) is 4.90 Å². The molecule has 0 aromatic heterocycles. The van der Waals surface area contributed by atoms with Crippen molar-refractivity contribution < 1.29 is 0 Å². The average molecular weight is 240 g/mol. The molecule has 1 unspecified atom stereocenters. The van der Waals surface area contributed by atoms with Crippen LogP contribution in [0.2, 0.25) is 0 Å². The summed E-state index contributed by atoms with van der Waals surface area (Å²) >= 11 is 0. The highest BCUT2D eigenvalue weighted by Crippen LogP contribution is 2.30. The first-order chi connectivity index (χ1) is 8.22. The van der Waals surface area contributed by atoms with E-state index in [2.05, 4.69) is 25.8 Å². The molecule has 1 saturated carbocycles. The van der Waals surface area contributed by atoms with Gasteiger partial charge in [-0.05, 0) is 45.1 Å². The fourth-order valence-corrected chi connectivity index (χ4v) is 3.19. The summed E-state index contributed by atoms with van der Waals surface area (Å²) in [4.78, 5) is 2.58. The topological polar surface area (TPSA) is 29.3 Å². The Hall–Kier alpha value is -0.0800. The Kier molecular flexibility index (Phi) is 7.14. The summed E-state index contributed by atoms with van der Waals surface area (Å²) in [5.74, 6) is 0.992. The van der Waals surface area contributed by atoms with Gasteiger partial charge in [-0.2, -0.15) is 0 Å². The van der Waals surface area contributed by atoms with E-state index >= 15 is 0 Å². The number of nitrogens with zero attached hydrogens (tertiary/aromatic N) is 1. The summed E-state index contributed by atoms with van der Waals surface area (Å²) in [5, 5.41) is 0. The van der Waals surface area contributed by atoms with E-state index in [1.807, 2.05) is 0 Å². The van der Waals surface area contributed by atoms with Crippen molar-refractivity contribution in [3.05, 3.63) is 0 Å². The van der Waals surface area contributed by atoms with E-state index in [0.717, 1.165) is 18.5 Å². The molecule has 2 N–H and O–H groups in total. The van der Waals surface area contributed by atoms with Crippen LogP contribution in [0.15, 0.2) is 0 Å². The number of nitrogens with two attached hydrogens (primary N) is 1. The van der Waals surface area contributed by atoms with E-state index in [-0.39, 0.29) is 0 Å². The van der Waals surface area contributed by atoms with Gasteiger partial charge in [-0.25, -0.2) is 0 Å². The molecular weight excluding hydrogens is 208 g/mol. The fraction of sp³-hybridized carbons (Fsp3) is 1.00. The van der Waals surface area contributed by atoms with Crippen LogP contribution in [0.25, 0.3) is 0 Å². The third-order valence-electron chi connectivity index (χ3n) is 4.71. The molecule has 0 bridgehead atoms. The molecule has 0 aromatic rings. The number of hydrogen-bond donors (Lipinski definition) is 1. The van der Waals surface area contributed by atoms with Gasteiger partial charge in [-0.3, -0.25) is 4.90 Å². The summed E-state index contributed by atoms with van der Waals surface area (Å²) in [6.07, 6.45) is 10.9. The third kappa shape index (κ3) is 4.59. The molecule has 0 aromatic carbocycles. The molecule has 1 rings (SSSR count). The van der Waals surface area contributed by atoms with E-state index in [9.17, 15) is 0 Å². The quantitative estimate of drug-likeness (QED) is 0.739. The molecule has 2 heteroatoms. The van der Waals surface area contributed by atoms with Gasteiger partial charge in [-0.1, -0.05) is 33.1 Å². The van der Waals surface area contributed by atoms with Crippen molar-refractivity contribution in [2.75, 3.05) is 13.6 Å². The van der Waals surface area contributed by atoms with Crippen LogP contribution in [-0.4, -0.2) is 30.6 Å². The van der Waals surface area contributed by atoms with Crippen LogP contribution in [0.5, 0.6) is 0 Å². The highest BCUT2D eigenvalue weighted by molar-refractivity contribution is 4.82. The zero-order valence-corrected chi connectivity index (χ0v) is 12.1. The van der Waals surface area contributed by atoms with E-state index < -0.39 is 0 Å². The Morgan fingerprint density at radius 2 is 1.82 bits per heavy atom. The van der Waals surface area contributed by atoms with E-state index in [1.165, 1.54) is 51.4 Å². The zero-order valence-electron chi connectivity index (χ0n) is 12.1. The van der Waals surface area contributed by atoms with Crippen LogP contribution in [-0.2, 0) is 0 Å². The molecule has 1 aliphatic carbocycles. The maximum absolute atomic E-state index is 5.93. The molecular formula is C15H32N2. The summed E-state index contributed by atoms with van der Waals surface area (Å²) in [6.45, 7) is 5.42. The summed E-state index contributed by atoms with van der Waals surface area (Å²) in [7, 11) is 2.30. The highest BCUT2D eigenvalue weighted by Gasteiger charge is 2.26. The van der Waals surface area contributed by atoms with Gasteiger partial charge < -0.3 is 5.73 Å². The van der Waals surface area contributed by atoms with Gasteiger partial charge in [0.25, 0.3) is 0 Å². The minimum atomic E-state index is 0.609. The second kappa shape index (κ2) is 8.10. The van der Waals surface area contributed by atoms with Crippen LogP contribution >= 0.6 is 0 Å². The Labute approximate surface area is 108 Å². The maximum Gasteiger partial charge on any atom is 0.0218 e. The van der Waals surface area contributed by atoms with Crippen molar-refractivity contribution in [3.63, 3.8) is 0 Å². The van der Waals surface area contributed by atoms with Crippen molar-refractivity contribution in [2.24, 2.45) is 11.7 Å². The van der Waals surface area contributed by atoms with Crippen molar-refractivity contribution in [1.29, 1.82) is 0 Å². The third-order valence-corrected chi connectivity index (χ3v) is 4.71. The second-order valence-corrected chi connectivity index (χ2v) is 5.78. The van der Waals surface area contributed by atoms with Crippen LogP contribution < -0.4 is 5.73 Å². The summed E-state index contributed by atoms with van der Waals surface area (Å²) in [5.41, 5.74) is 5.93. The maximum atomic E-state index is 5.93. The molecule has 0 spiro atoms. The molecule has 0 radical (unpaired) electrons. The van der Waals surface area contributed by atoms with Gasteiger partial charge in [0.2, 0.25) is 0 Å². The monoisotopic (exact) mass is 240 g/mol. The number of unbranched alkanes of at least 4 members (excludes halogenated alkanes) is 1. The number of hydrogen-bond acceptors (Lipinski definition) is 2. The Morgan fingerprint density at radius 3 is 2.29 bits per heavy atom.